The Kier molecular flexibility index (Phi) is 3.84. The zero-order chi connectivity index (χ0) is 16.5. The van der Waals surface area contributed by atoms with Crippen LogP contribution in [0.25, 0.3) is 11.0 Å². The third-order valence-electron chi connectivity index (χ3n) is 4.91. The van der Waals surface area contributed by atoms with E-state index in [0.29, 0.717) is 11.7 Å². The van der Waals surface area contributed by atoms with Crippen LogP contribution in [0.3, 0.4) is 0 Å². The number of hydrogen-bond acceptors (Lipinski definition) is 3. The van der Waals surface area contributed by atoms with Gasteiger partial charge in [-0.2, -0.15) is 5.10 Å². The number of carbonyl (C=O) groups is 1. The Morgan fingerprint density at radius 1 is 1.38 bits per heavy atom. The van der Waals surface area contributed by atoms with Gasteiger partial charge in [-0.25, -0.2) is 0 Å². The zero-order valence-electron chi connectivity index (χ0n) is 13.8. The highest BCUT2D eigenvalue weighted by Gasteiger charge is 2.28. The van der Waals surface area contributed by atoms with Crippen LogP contribution in [0.15, 0.2) is 40.9 Å². The normalized spacial score (nSPS) is 18.2. The van der Waals surface area contributed by atoms with Crippen LogP contribution in [0.2, 0.25) is 0 Å². The molecule has 1 amide bonds. The molecule has 24 heavy (non-hydrogen) atoms. The first kappa shape index (κ1) is 15.0. The summed E-state index contributed by atoms with van der Waals surface area (Å²) < 4.78 is 5.85. The smallest absolute Gasteiger partial charge is 0.289 e. The summed E-state index contributed by atoms with van der Waals surface area (Å²) in [5.74, 6) is 0.962. The standard InChI is InChI=1S/C19H21N3O2/c1-13-16-6-2-3-7-17(16)24-18(13)19(23)22-10-4-5-14(12-22)11-15-8-9-20-21-15/h2-3,6-9,14H,4-5,10-12H2,1H3,(H,20,21)/t14-/m1/s1. The van der Waals surface area contributed by atoms with Crippen LogP contribution in [-0.2, 0) is 6.42 Å². The summed E-state index contributed by atoms with van der Waals surface area (Å²) in [7, 11) is 0. The molecule has 2 aromatic heterocycles. The Morgan fingerprint density at radius 3 is 3.04 bits per heavy atom. The molecule has 1 saturated heterocycles. The number of nitrogens with zero attached hydrogens (tertiary/aromatic N) is 2. The van der Waals surface area contributed by atoms with Gasteiger partial charge in [-0.3, -0.25) is 9.89 Å². The Morgan fingerprint density at radius 2 is 2.25 bits per heavy atom. The average molecular weight is 323 g/mol. The van der Waals surface area contributed by atoms with Gasteiger partial charge in [-0.15, -0.1) is 0 Å². The first-order valence-electron chi connectivity index (χ1n) is 8.48. The molecule has 0 unspecified atom stereocenters. The number of carbonyl (C=O) groups excluding carboxylic acids is 1. The van der Waals surface area contributed by atoms with Crippen LogP contribution in [0.5, 0.6) is 0 Å². The molecule has 3 aromatic rings. The fourth-order valence-electron chi connectivity index (χ4n) is 3.65. The van der Waals surface area contributed by atoms with Crippen LogP contribution >= 0.6 is 0 Å². The molecule has 1 aliphatic heterocycles. The SMILES string of the molecule is Cc1c(C(=O)N2CCC[C@H](Cc3ccn[nH]3)C2)oc2ccccc12. The quantitative estimate of drug-likeness (QED) is 0.801. The minimum atomic E-state index is 0.0120. The van der Waals surface area contributed by atoms with E-state index in [-0.39, 0.29) is 5.91 Å². The van der Waals surface area contributed by atoms with Gasteiger partial charge in [0.05, 0.1) is 0 Å². The van der Waals surface area contributed by atoms with E-state index in [4.69, 9.17) is 4.42 Å². The molecule has 1 aliphatic rings. The van der Waals surface area contributed by atoms with Crippen molar-refractivity contribution in [2.75, 3.05) is 13.1 Å². The summed E-state index contributed by atoms with van der Waals surface area (Å²) in [6.07, 6.45) is 4.88. The van der Waals surface area contributed by atoms with E-state index in [1.54, 1.807) is 6.20 Å². The molecule has 4 rings (SSSR count). The summed E-state index contributed by atoms with van der Waals surface area (Å²) >= 11 is 0. The number of likely N-dealkylation sites (tertiary alicyclic amines) is 1. The topological polar surface area (TPSA) is 62.1 Å². The molecule has 124 valence electrons. The van der Waals surface area contributed by atoms with Crippen molar-refractivity contribution in [1.82, 2.24) is 15.1 Å². The minimum Gasteiger partial charge on any atom is -0.451 e. The molecule has 0 spiro atoms. The summed E-state index contributed by atoms with van der Waals surface area (Å²) in [6.45, 7) is 3.54. The van der Waals surface area contributed by atoms with Gasteiger partial charge < -0.3 is 9.32 Å². The number of H-pyrrole nitrogens is 1. The molecule has 1 fully saturated rings. The minimum absolute atomic E-state index is 0.0120. The molecule has 5 heteroatoms. The lowest BCUT2D eigenvalue weighted by atomic mass is 9.93. The van der Waals surface area contributed by atoms with Crippen LogP contribution in [0, 0.1) is 12.8 Å². The molecular weight excluding hydrogens is 302 g/mol. The number of rotatable bonds is 3. The molecule has 1 N–H and O–H groups in total. The summed E-state index contributed by atoms with van der Waals surface area (Å²) in [5.41, 5.74) is 2.85. The monoisotopic (exact) mass is 323 g/mol. The molecule has 0 radical (unpaired) electrons. The molecule has 1 atom stereocenters. The summed E-state index contributed by atoms with van der Waals surface area (Å²) in [5, 5.41) is 8.04. The van der Waals surface area contributed by atoms with Gasteiger partial charge in [0.1, 0.15) is 5.58 Å². The maximum Gasteiger partial charge on any atom is 0.289 e. The van der Waals surface area contributed by atoms with E-state index in [2.05, 4.69) is 10.2 Å². The Balaban J connectivity index is 1.53. The van der Waals surface area contributed by atoms with Crippen molar-refractivity contribution in [1.29, 1.82) is 0 Å². The van der Waals surface area contributed by atoms with Gasteiger partial charge in [-0.1, -0.05) is 18.2 Å². The number of aromatic nitrogens is 2. The molecule has 1 aromatic carbocycles. The number of hydrogen-bond donors (Lipinski definition) is 1. The summed E-state index contributed by atoms with van der Waals surface area (Å²) in [4.78, 5) is 14.9. The van der Waals surface area contributed by atoms with E-state index in [0.717, 1.165) is 54.6 Å². The van der Waals surface area contributed by atoms with E-state index in [1.165, 1.54) is 0 Å². The van der Waals surface area contributed by atoms with E-state index in [1.807, 2.05) is 42.2 Å². The van der Waals surface area contributed by atoms with Crippen LogP contribution in [0.4, 0.5) is 0 Å². The maximum absolute atomic E-state index is 13.0. The second-order valence-corrected chi connectivity index (χ2v) is 6.60. The summed E-state index contributed by atoms with van der Waals surface area (Å²) in [6, 6.07) is 9.82. The Hall–Kier alpha value is -2.56. The molecule has 0 bridgehead atoms. The molecule has 0 aliphatic carbocycles. The number of furan rings is 1. The van der Waals surface area contributed by atoms with Crippen LogP contribution in [0.1, 0.15) is 34.7 Å². The van der Waals surface area contributed by atoms with Crippen molar-refractivity contribution < 1.29 is 9.21 Å². The predicted molar refractivity (Wildman–Crippen MR) is 91.9 cm³/mol. The number of fused-ring (bicyclic) bond motifs is 1. The maximum atomic E-state index is 13.0. The van der Waals surface area contributed by atoms with Gasteiger partial charge in [0.15, 0.2) is 5.76 Å². The fraction of sp³-hybridized carbons (Fsp3) is 0.368. The van der Waals surface area contributed by atoms with Crippen LogP contribution < -0.4 is 0 Å². The highest BCUT2D eigenvalue weighted by atomic mass is 16.3. The second-order valence-electron chi connectivity index (χ2n) is 6.60. The zero-order valence-corrected chi connectivity index (χ0v) is 13.8. The fourth-order valence-corrected chi connectivity index (χ4v) is 3.65. The lowest BCUT2D eigenvalue weighted by molar-refractivity contribution is 0.0642. The van der Waals surface area contributed by atoms with E-state index in [9.17, 15) is 4.79 Å². The highest BCUT2D eigenvalue weighted by Crippen LogP contribution is 2.28. The van der Waals surface area contributed by atoms with E-state index >= 15 is 0 Å². The largest absolute Gasteiger partial charge is 0.451 e. The van der Waals surface area contributed by atoms with Gasteiger partial charge in [0.2, 0.25) is 0 Å². The van der Waals surface area contributed by atoms with Crippen molar-refractivity contribution in [3.63, 3.8) is 0 Å². The average Bonchev–Trinajstić information content (AvgIpc) is 3.23. The number of aromatic amines is 1. The Bertz CT molecular complexity index is 851. The molecule has 3 heterocycles. The first-order chi connectivity index (χ1) is 11.7. The lowest BCUT2D eigenvalue weighted by Gasteiger charge is -2.32. The lowest BCUT2D eigenvalue weighted by Crippen LogP contribution is -2.40. The number of piperidine rings is 1. The Labute approximate surface area is 140 Å². The molecule has 0 saturated carbocycles. The molecular formula is C19H21N3O2. The van der Waals surface area contributed by atoms with Crippen molar-refractivity contribution in [3.05, 3.63) is 53.5 Å². The molecule has 5 nitrogen and oxygen atoms in total. The third-order valence-corrected chi connectivity index (χ3v) is 4.91. The number of para-hydroxylation sites is 1. The van der Waals surface area contributed by atoms with Crippen LogP contribution in [-0.4, -0.2) is 34.1 Å². The van der Waals surface area contributed by atoms with Crippen molar-refractivity contribution in [3.8, 4) is 0 Å². The van der Waals surface area contributed by atoms with Gasteiger partial charge in [0.25, 0.3) is 5.91 Å². The highest BCUT2D eigenvalue weighted by molar-refractivity contribution is 5.98. The van der Waals surface area contributed by atoms with Gasteiger partial charge in [0, 0.05) is 35.9 Å². The third kappa shape index (κ3) is 2.70. The first-order valence-corrected chi connectivity index (χ1v) is 8.48. The second kappa shape index (κ2) is 6.15. The number of aryl methyl sites for hydroxylation is 1. The number of benzene rings is 1. The van der Waals surface area contributed by atoms with Crippen molar-refractivity contribution >= 4 is 16.9 Å². The van der Waals surface area contributed by atoms with Gasteiger partial charge >= 0.3 is 0 Å². The van der Waals surface area contributed by atoms with Gasteiger partial charge in [-0.05, 0) is 44.2 Å². The van der Waals surface area contributed by atoms with E-state index < -0.39 is 0 Å². The van der Waals surface area contributed by atoms with Crippen molar-refractivity contribution in [2.45, 2.75) is 26.2 Å². The number of amides is 1. The predicted octanol–water partition coefficient (Wildman–Crippen LogP) is 3.56. The van der Waals surface area contributed by atoms with Crippen molar-refractivity contribution in [2.24, 2.45) is 5.92 Å². The number of nitrogens with one attached hydrogen (secondary N) is 1.